The summed E-state index contributed by atoms with van der Waals surface area (Å²) in [6.07, 6.45) is 2.08. The van der Waals surface area contributed by atoms with E-state index in [4.69, 9.17) is 11.6 Å². The van der Waals surface area contributed by atoms with Crippen LogP contribution in [-0.4, -0.2) is 4.98 Å². The molecule has 0 aliphatic rings. The lowest BCUT2D eigenvalue weighted by Gasteiger charge is -2.17. The molecule has 0 bridgehead atoms. The van der Waals surface area contributed by atoms with Crippen LogP contribution >= 0.6 is 11.6 Å². The van der Waals surface area contributed by atoms with E-state index in [0.717, 1.165) is 16.1 Å². The van der Waals surface area contributed by atoms with Crippen molar-refractivity contribution in [3.8, 4) is 0 Å². The fourth-order valence-electron chi connectivity index (χ4n) is 1.87. The molecule has 1 heterocycles. The van der Waals surface area contributed by atoms with E-state index in [2.05, 4.69) is 38.0 Å². The molecule has 0 saturated heterocycles. The number of aryl methyl sites for hydroxylation is 1. The van der Waals surface area contributed by atoms with Crippen LogP contribution in [0, 0.1) is 6.92 Å². The number of aromatic nitrogens is 1. The van der Waals surface area contributed by atoms with Crippen molar-refractivity contribution >= 4 is 22.5 Å². The van der Waals surface area contributed by atoms with E-state index in [-0.39, 0.29) is 5.41 Å². The summed E-state index contributed by atoms with van der Waals surface area (Å²) in [6, 6.07) is 4.16. The molecule has 0 unspecified atom stereocenters. The SMILES string of the molecule is Cc1cc2c(C(C)(C)C)c[nH]c2cc1Cl. The Bertz CT molecular complexity index is 503. The van der Waals surface area contributed by atoms with Gasteiger partial charge in [0.2, 0.25) is 0 Å². The summed E-state index contributed by atoms with van der Waals surface area (Å²) in [5.41, 5.74) is 3.76. The molecule has 1 nitrogen and oxygen atoms in total. The molecule has 0 radical (unpaired) electrons. The van der Waals surface area contributed by atoms with Crippen LogP contribution in [0.25, 0.3) is 10.9 Å². The maximum Gasteiger partial charge on any atom is 0.0472 e. The Balaban J connectivity index is 2.75. The standard InChI is InChI=1S/C13H16ClN/c1-8-5-9-10(13(2,3)4)7-15-12(9)6-11(8)14/h5-7,15H,1-4H3. The minimum atomic E-state index is 0.165. The fraction of sp³-hybridized carbons (Fsp3) is 0.385. The summed E-state index contributed by atoms with van der Waals surface area (Å²) in [5.74, 6) is 0. The van der Waals surface area contributed by atoms with Crippen LogP contribution in [0.15, 0.2) is 18.3 Å². The average Bonchev–Trinajstić information content (AvgIpc) is 2.47. The van der Waals surface area contributed by atoms with Crippen molar-refractivity contribution < 1.29 is 0 Å². The molecule has 0 aliphatic heterocycles. The molecule has 80 valence electrons. The van der Waals surface area contributed by atoms with Crippen LogP contribution in [0.1, 0.15) is 31.9 Å². The minimum absolute atomic E-state index is 0.165. The number of hydrogen-bond acceptors (Lipinski definition) is 0. The van der Waals surface area contributed by atoms with Crippen LogP contribution in [0.4, 0.5) is 0 Å². The topological polar surface area (TPSA) is 15.8 Å². The summed E-state index contributed by atoms with van der Waals surface area (Å²) in [7, 11) is 0. The molecule has 0 saturated carbocycles. The molecule has 15 heavy (non-hydrogen) atoms. The third kappa shape index (κ3) is 1.76. The first kappa shape index (κ1) is 10.6. The fourth-order valence-corrected chi connectivity index (χ4v) is 2.04. The van der Waals surface area contributed by atoms with Gasteiger partial charge in [-0.2, -0.15) is 0 Å². The first-order valence-corrected chi connectivity index (χ1v) is 5.55. The smallest absolute Gasteiger partial charge is 0.0472 e. The van der Waals surface area contributed by atoms with Crippen molar-refractivity contribution in [2.75, 3.05) is 0 Å². The molecule has 0 atom stereocenters. The lowest BCUT2D eigenvalue weighted by molar-refractivity contribution is 0.596. The van der Waals surface area contributed by atoms with Crippen molar-refractivity contribution in [2.24, 2.45) is 0 Å². The zero-order valence-corrected chi connectivity index (χ0v) is 10.4. The Morgan fingerprint density at radius 3 is 2.47 bits per heavy atom. The molecule has 0 aliphatic carbocycles. The lowest BCUT2D eigenvalue weighted by atomic mass is 9.86. The van der Waals surface area contributed by atoms with Gasteiger partial charge in [0.05, 0.1) is 0 Å². The van der Waals surface area contributed by atoms with Gasteiger partial charge in [0, 0.05) is 22.1 Å². The van der Waals surface area contributed by atoms with Gasteiger partial charge in [-0.3, -0.25) is 0 Å². The average molecular weight is 222 g/mol. The third-order valence-corrected chi connectivity index (χ3v) is 3.18. The number of halogens is 1. The molecule has 1 N–H and O–H groups in total. The van der Waals surface area contributed by atoms with E-state index < -0.39 is 0 Å². The number of nitrogens with one attached hydrogen (secondary N) is 1. The highest BCUT2D eigenvalue weighted by molar-refractivity contribution is 6.32. The number of benzene rings is 1. The number of hydrogen-bond donors (Lipinski definition) is 1. The summed E-state index contributed by atoms with van der Waals surface area (Å²) >= 11 is 6.09. The van der Waals surface area contributed by atoms with E-state index in [1.54, 1.807) is 0 Å². The van der Waals surface area contributed by atoms with Gasteiger partial charge in [-0.25, -0.2) is 0 Å². The minimum Gasteiger partial charge on any atom is -0.361 e. The molecule has 0 amide bonds. The Labute approximate surface area is 95.5 Å². The predicted molar refractivity (Wildman–Crippen MR) is 66.7 cm³/mol. The van der Waals surface area contributed by atoms with Gasteiger partial charge in [0.1, 0.15) is 0 Å². The van der Waals surface area contributed by atoms with Crippen molar-refractivity contribution in [3.05, 3.63) is 34.5 Å². The Hall–Kier alpha value is -0.950. The molecule has 0 spiro atoms. The Kier molecular flexibility index (Phi) is 2.31. The van der Waals surface area contributed by atoms with Gasteiger partial charge >= 0.3 is 0 Å². The second kappa shape index (κ2) is 3.28. The van der Waals surface area contributed by atoms with Crippen LogP contribution < -0.4 is 0 Å². The van der Waals surface area contributed by atoms with E-state index in [0.29, 0.717) is 0 Å². The predicted octanol–water partition coefficient (Wildman–Crippen LogP) is 4.43. The summed E-state index contributed by atoms with van der Waals surface area (Å²) in [5, 5.41) is 2.11. The van der Waals surface area contributed by atoms with Crippen molar-refractivity contribution in [2.45, 2.75) is 33.1 Å². The maximum absolute atomic E-state index is 6.09. The quantitative estimate of drug-likeness (QED) is 0.678. The van der Waals surface area contributed by atoms with Gasteiger partial charge in [0.15, 0.2) is 0 Å². The zero-order chi connectivity index (χ0) is 11.2. The highest BCUT2D eigenvalue weighted by atomic mass is 35.5. The molecular formula is C13H16ClN. The highest BCUT2D eigenvalue weighted by Gasteiger charge is 2.18. The van der Waals surface area contributed by atoms with Gasteiger partial charge in [-0.05, 0) is 35.6 Å². The Morgan fingerprint density at radius 1 is 1.20 bits per heavy atom. The molecule has 1 aromatic carbocycles. The maximum atomic E-state index is 6.09. The van der Waals surface area contributed by atoms with E-state index in [1.165, 1.54) is 10.9 Å². The number of H-pyrrole nitrogens is 1. The highest BCUT2D eigenvalue weighted by Crippen LogP contribution is 2.32. The second-order valence-corrected chi connectivity index (χ2v) is 5.51. The van der Waals surface area contributed by atoms with Crippen LogP contribution in [0.2, 0.25) is 5.02 Å². The molecular weight excluding hydrogens is 206 g/mol. The molecule has 2 rings (SSSR count). The number of fused-ring (bicyclic) bond motifs is 1. The van der Waals surface area contributed by atoms with Crippen molar-refractivity contribution in [1.82, 2.24) is 4.98 Å². The molecule has 1 aromatic heterocycles. The Morgan fingerprint density at radius 2 is 1.87 bits per heavy atom. The van der Waals surface area contributed by atoms with Crippen LogP contribution in [-0.2, 0) is 5.41 Å². The van der Waals surface area contributed by atoms with Crippen molar-refractivity contribution in [3.63, 3.8) is 0 Å². The molecule has 2 heteroatoms. The summed E-state index contributed by atoms with van der Waals surface area (Å²) < 4.78 is 0. The van der Waals surface area contributed by atoms with E-state index in [1.807, 2.05) is 13.0 Å². The third-order valence-electron chi connectivity index (χ3n) is 2.77. The van der Waals surface area contributed by atoms with Crippen molar-refractivity contribution in [1.29, 1.82) is 0 Å². The van der Waals surface area contributed by atoms with Gasteiger partial charge in [-0.1, -0.05) is 32.4 Å². The number of aromatic amines is 1. The first-order chi connectivity index (χ1) is 6.89. The summed E-state index contributed by atoms with van der Waals surface area (Å²) in [6.45, 7) is 8.71. The summed E-state index contributed by atoms with van der Waals surface area (Å²) in [4.78, 5) is 3.28. The van der Waals surface area contributed by atoms with Gasteiger partial charge in [0.25, 0.3) is 0 Å². The van der Waals surface area contributed by atoms with Gasteiger partial charge < -0.3 is 4.98 Å². The first-order valence-electron chi connectivity index (χ1n) is 5.17. The number of rotatable bonds is 0. The van der Waals surface area contributed by atoms with E-state index in [9.17, 15) is 0 Å². The normalized spacial score (nSPS) is 12.3. The molecule has 0 fully saturated rings. The van der Waals surface area contributed by atoms with Gasteiger partial charge in [-0.15, -0.1) is 0 Å². The second-order valence-electron chi connectivity index (χ2n) is 5.10. The van der Waals surface area contributed by atoms with Crippen LogP contribution in [0.3, 0.4) is 0 Å². The zero-order valence-electron chi connectivity index (χ0n) is 9.61. The van der Waals surface area contributed by atoms with Crippen LogP contribution in [0.5, 0.6) is 0 Å². The lowest BCUT2D eigenvalue weighted by Crippen LogP contribution is -2.09. The van der Waals surface area contributed by atoms with E-state index >= 15 is 0 Å². The molecule has 2 aromatic rings. The largest absolute Gasteiger partial charge is 0.361 e. The monoisotopic (exact) mass is 221 g/mol.